The van der Waals surface area contributed by atoms with E-state index in [2.05, 4.69) is 21.2 Å². The first-order valence-corrected chi connectivity index (χ1v) is 4.60. The molecule has 0 aliphatic rings. The molecule has 0 radical (unpaired) electrons. The molecule has 4 heteroatoms. The van der Waals surface area contributed by atoms with Gasteiger partial charge in [-0.2, -0.15) is 13.9 Å². The van der Waals surface area contributed by atoms with Gasteiger partial charge in [-0.15, -0.1) is 0 Å². The number of anilines is 1. The van der Waals surface area contributed by atoms with Gasteiger partial charge in [-0.3, -0.25) is 0 Å². The summed E-state index contributed by atoms with van der Waals surface area (Å²) in [6.07, 6.45) is 3.60. The van der Waals surface area contributed by atoms with Gasteiger partial charge < -0.3 is 0 Å². The molecule has 13 heavy (non-hydrogen) atoms. The predicted molar refractivity (Wildman–Crippen MR) is 55.5 cm³/mol. The van der Waals surface area contributed by atoms with Crippen LogP contribution in [0.1, 0.15) is 0 Å². The summed E-state index contributed by atoms with van der Waals surface area (Å²) >= 11 is 3.41. The maximum absolute atomic E-state index is 4.09. The Hall–Kier alpha value is -1.29. The summed E-state index contributed by atoms with van der Waals surface area (Å²) in [4.78, 5) is 1.70. The third-order valence-electron chi connectivity index (χ3n) is 1.64. The zero-order valence-corrected chi connectivity index (χ0v) is 8.42. The normalized spacial score (nSPS) is 9.92. The SMILES string of the molecule is BrN(c1ccccc1)n1cccn1. The van der Waals surface area contributed by atoms with Crippen molar-refractivity contribution in [1.29, 1.82) is 0 Å². The lowest BCUT2D eigenvalue weighted by Crippen LogP contribution is -2.17. The van der Waals surface area contributed by atoms with E-state index >= 15 is 0 Å². The van der Waals surface area contributed by atoms with Crippen molar-refractivity contribution in [3.05, 3.63) is 48.8 Å². The summed E-state index contributed by atoms with van der Waals surface area (Å²) in [7, 11) is 0. The van der Waals surface area contributed by atoms with Crippen molar-refractivity contribution < 1.29 is 0 Å². The topological polar surface area (TPSA) is 21.1 Å². The molecule has 0 atom stereocenters. The lowest BCUT2D eigenvalue weighted by molar-refractivity contribution is 0.752. The zero-order valence-electron chi connectivity index (χ0n) is 6.84. The molecular weight excluding hydrogens is 230 g/mol. The Bertz CT molecular complexity index is 358. The average molecular weight is 238 g/mol. The van der Waals surface area contributed by atoms with Crippen LogP contribution in [0.15, 0.2) is 48.8 Å². The smallest absolute Gasteiger partial charge is 0.0750 e. The first-order chi connectivity index (χ1) is 6.38. The van der Waals surface area contributed by atoms with Crippen LogP contribution in [0.4, 0.5) is 5.69 Å². The quantitative estimate of drug-likeness (QED) is 0.749. The molecule has 66 valence electrons. The van der Waals surface area contributed by atoms with Crippen LogP contribution < -0.4 is 4.03 Å². The number of hydrogen-bond donors (Lipinski definition) is 0. The van der Waals surface area contributed by atoms with E-state index in [1.807, 2.05) is 42.6 Å². The minimum Gasteiger partial charge on any atom is -0.198 e. The Morgan fingerprint density at radius 1 is 1.15 bits per heavy atom. The van der Waals surface area contributed by atoms with Crippen molar-refractivity contribution >= 4 is 21.8 Å². The maximum atomic E-state index is 4.09. The van der Waals surface area contributed by atoms with E-state index in [1.54, 1.807) is 15.0 Å². The van der Waals surface area contributed by atoms with Crippen LogP contribution in [0.2, 0.25) is 0 Å². The second-order valence-corrected chi connectivity index (χ2v) is 3.19. The molecule has 0 unspecified atom stereocenters. The van der Waals surface area contributed by atoms with E-state index in [0.29, 0.717) is 0 Å². The van der Waals surface area contributed by atoms with Crippen LogP contribution in [0, 0.1) is 0 Å². The summed E-state index contributed by atoms with van der Waals surface area (Å²) in [5.74, 6) is 0. The van der Waals surface area contributed by atoms with Gasteiger partial charge in [0.2, 0.25) is 0 Å². The van der Waals surface area contributed by atoms with Crippen LogP contribution in [0.25, 0.3) is 0 Å². The van der Waals surface area contributed by atoms with Gasteiger partial charge in [-0.05, 0) is 18.2 Å². The number of para-hydroxylation sites is 1. The molecule has 2 aromatic rings. The molecule has 1 aromatic heterocycles. The van der Waals surface area contributed by atoms with Gasteiger partial charge in [0.05, 0.1) is 34.2 Å². The number of rotatable bonds is 2. The van der Waals surface area contributed by atoms with Crippen molar-refractivity contribution in [2.75, 3.05) is 4.03 Å². The Balaban J connectivity index is 2.29. The molecule has 0 saturated carbocycles. The van der Waals surface area contributed by atoms with E-state index < -0.39 is 0 Å². The van der Waals surface area contributed by atoms with Crippen LogP contribution >= 0.6 is 16.1 Å². The van der Waals surface area contributed by atoms with Gasteiger partial charge >= 0.3 is 0 Å². The van der Waals surface area contributed by atoms with Crippen molar-refractivity contribution in [3.8, 4) is 0 Å². The van der Waals surface area contributed by atoms with Gasteiger partial charge in [0.15, 0.2) is 0 Å². The fourth-order valence-corrected chi connectivity index (χ4v) is 1.46. The first-order valence-electron chi connectivity index (χ1n) is 3.89. The van der Waals surface area contributed by atoms with E-state index in [1.165, 1.54) is 0 Å². The number of benzene rings is 1. The van der Waals surface area contributed by atoms with Gasteiger partial charge in [0, 0.05) is 0 Å². The van der Waals surface area contributed by atoms with Crippen LogP contribution in [-0.4, -0.2) is 9.89 Å². The van der Waals surface area contributed by atoms with Gasteiger partial charge in [0.1, 0.15) is 0 Å². The number of nitrogens with zero attached hydrogens (tertiary/aromatic N) is 3. The second-order valence-electron chi connectivity index (χ2n) is 2.52. The molecule has 0 spiro atoms. The molecular formula is C9H8BrN3. The maximum Gasteiger partial charge on any atom is 0.0750 e. The Kier molecular flexibility index (Phi) is 2.31. The largest absolute Gasteiger partial charge is 0.198 e. The predicted octanol–water partition coefficient (Wildman–Crippen LogP) is 2.46. The first kappa shape index (κ1) is 8.31. The fraction of sp³-hybridized carbons (Fsp3) is 0. The summed E-state index contributed by atoms with van der Waals surface area (Å²) in [6.45, 7) is 0. The van der Waals surface area contributed by atoms with E-state index in [-0.39, 0.29) is 0 Å². The average Bonchev–Trinajstić information content (AvgIpc) is 2.71. The molecule has 3 nitrogen and oxygen atoms in total. The molecule has 0 aliphatic carbocycles. The minimum atomic E-state index is 1.03. The lowest BCUT2D eigenvalue weighted by Gasteiger charge is -2.15. The fourth-order valence-electron chi connectivity index (χ4n) is 1.03. The highest BCUT2D eigenvalue weighted by Gasteiger charge is 2.02. The van der Waals surface area contributed by atoms with Crippen molar-refractivity contribution in [2.24, 2.45) is 0 Å². The van der Waals surface area contributed by atoms with E-state index in [0.717, 1.165) is 5.69 Å². The number of halogens is 1. The van der Waals surface area contributed by atoms with E-state index in [9.17, 15) is 0 Å². The Labute approximate surface area is 84.9 Å². The second kappa shape index (κ2) is 3.62. The van der Waals surface area contributed by atoms with Gasteiger partial charge in [0.25, 0.3) is 0 Å². The standard InChI is InChI=1S/C9H8BrN3/c10-13(12-8-4-7-11-12)9-5-2-1-3-6-9/h1-8H. The molecule has 0 aliphatic heterocycles. The number of hydrogen-bond acceptors (Lipinski definition) is 2. The molecule has 2 rings (SSSR count). The van der Waals surface area contributed by atoms with E-state index in [4.69, 9.17) is 0 Å². The summed E-state index contributed by atoms with van der Waals surface area (Å²) in [5, 5.41) is 4.09. The molecule has 0 amide bonds. The molecule has 1 aromatic carbocycles. The Morgan fingerprint density at radius 3 is 2.54 bits per heavy atom. The molecule has 0 bridgehead atoms. The van der Waals surface area contributed by atoms with Crippen LogP contribution in [0.5, 0.6) is 0 Å². The molecule has 0 saturated heterocycles. The van der Waals surface area contributed by atoms with Gasteiger partial charge in [-0.1, -0.05) is 18.2 Å². The van der Waals surface area contributed by atoms with Crippen molar-refractivity contribution in [1.82, 2.24) is 9.89 Å². The molecule has 1 heterocycles. The zero-order chi connectivity index (χ0) is 9.10. The molecule has 0 fully saturated rings. The monoisotopic (exact) mass is 237 g/mol. The summed E-state index contributed by atoms with van der Waals surface area (Å²) in [6, 6.07) is 11.8. The summed E-state index contributed by atoms with van der Waals surface area (Å²) in [5.41, 5.74) is 1.03. The highest BCUT2D eigenvalue weighted by Crippen LogP contribution is 2.16. The van der Waals surface area contributed by atoms with Crippen molar-refractivity contribution in [3.63, 3.8) is 0 Å². The minimum absolute atomic E-state index is 1.03. The highest BCUT2D eigenvalue weighted by atomic mass is 79.9. The number of aromatic nitrogens is 2. The molecule has 0 N–H and O–H groups in total. The van der Waals surface area contributed by atoms with Crippen LogP contribution in [0.3, 0.4) is 0 Å². The summed E-state index contributed by atoms with van der Waals surface area (Å²) < 4.78 is 1.78. The lowest BCUT2D eigenvalue weighted by atomic mass is 10.3. The van der Waals surface area contributed by atoms with Gasteiger partial charge in [-0.25, -0.2) is 0 Å². The van der Waals surface area contributed by atoms with Crippen molar-refractivity contribution in [2.45, 2.75) is 0 Å². The highest BCUT2D eigenvalue weighted by molar-refractivity contribution is 9.10. The third kappa shape index (κ3) is 1.72. The van der Waals surface area contributed by atoms with Crippen LogP contribution in [-0.2, 0) is 0 Å². The Morgan fingerprint density at radius 2 is 1.92 bits per heavy atom. The third-order valence-corrected chi connectivity index (χ3v) is 2.37.